The largest absolute Gasteiger partial charge is 0.373 e. The van der Waals surface area contributed by atoms with Crippen LogP contribution in [-0.2, 0) is 4.74 Å². The maximum atomic E-state index is 12.7. The lowest BCUT2D eigenvalue weighted by molar-refractivity contribution is 0.0314. The molecule has 1 fully saturated rings. The van der Waals surface area contributed by atoms with E-state index in [1.54, 1.807) is 13.2 Å². The van der Waals surface area contributed by atoms with Gasteiger partial charge in [-0.3, -0.25) is 4.79 Å². The Kier molecular flexibility index (Phi) is 5.43. The van der Waals surface area contributed by atoms with E-state index in [1.807, 2.05) is 12.1 Å². The van der Waals surface area contributed by atoms with Crippen molar-refractivity contribution in [3.8, 4) is 0 Å². The fourth-order valence-electron chi connectivity index (χ4n) is 2.83. The predicted octanol–water partition coefficient (Wildman–Crippen LogP) is 4.88. The Hall–Kier alpha value is -0.380. The van der Waals surface area contributed by atoms with Crippen molar-refractivity contribution in [1.29, 1.82) is 0 Å². The number of hydrogen-bond acceptors (Lipinski definition) is 2. The summed E-state index contributed by atoms with van der Waals surface area (Å²) in [5, 5.41) is 0.484. The normalized spacial score (nSPS) is 18.3. The topological polar surface area (TPSA) is 26.3 Å². The summed E-state index contributed by atoms with van der Waals surface area (Å²) >= 11 is 9.57. The van der Waals surface area contributed by atoms with Gasteiger partial charge in [-0.25, -0.2) is 0 Å². The molecule has 1 saturated carbocycles. The molecule has 0 aliphatic heterocycles. The lowest BCUT2D eigenvalue weighted by atomic mass is 9.82. The number of Topliss-reactive ketones (excluding diaryl/α,β-unsaturated/α-hetero) is 1. The van der Waals surface area contributed by atoms with Crippen molar-refractivity contribution in [2.24, 2.45) is 5.92 Å². The summed E-state index contributed by atoms with van der Waals surface area (Å²) in [4.78, 5) is 12.7. The average molecular weight is 346 g/mol. The van der Waals surface area contributed by atoms with E-state index in [0.29, 0.717) is 16.5 Å². The van der Waals surface area contributed by atoms with Crippen molar-refractivity contribution in [2.75, 3.05) is 7.11 Å². The number of methoxy groups -OCH3 is 1. The third kappa shape index (κ3) is 3.39. The van der Waals surface area contributed by atoms with Gasteiger partial charge in [0, 0.05) is 11.6 Å². The van der Waals surface area contributed by atoms with Crippen molar-refractivity contribution in [3.05, 3.63) is 33.3 Å². The zero-order valence-electron chi connectivity index (χ0n) is 11.0. The van der Waals surface area contributed by atoms with Crippen LogP contribution >= 0.6 is 27.5 Å². The van der Waals surface area contributed by atoms with Gasteiger partial charge < -0.3 is 4.74 Å². The lowest BCUT2D eigenvalue weighted by Gasteiger charge is -2.28. The molecule has 1 aromatic rings. The summed E-state index contributed by atoms with van der Waals surface area (Å²) in [6.07, 6.45) is 5.37. The highest BCUT2D eigenvalue weighted by Gasteiger charge is 2.32. The Labute approximate surface area is 127 Å². The molecular weight excluding hydrogens is 328 g/mol. The highest BCUT2D eigenvalue weighted by Crippen LogP contribution is 2.33. The van der Waals surface area contributed by atoms with Crippen LogP contribution in [0.1, 0.15) is 42.5 Å². The molecule has 1 aliphatic carbocycles. The van der Waals surface area contributed by atoms with Gasteiger partial charge in [0.15, 0.2) is 5.78 Å². The molecule has 1 aliphatic rings. The lowest BCUT2D eigenvalue weighted by Crippen LogP contribution is -2.33. The van der Waals surface area contributed by atoms with Crippen LogP contribution in [0.3, 0.4) is 0 Å². The minimum Gasteiger partial charge on any atom is -0.373 e. The molecule has 2 nitrogen and oxygen atoms in total. The van der Waals surface area contributed by atoms with E-state index in [1.165, 1.54) is 19.3 Å². The molecule has 0 bridgehead atoms. The third-order valence-electron chi connectivity index (χ3n) is 3.80. The molecule has 2 rings (SSSR count). The van der Waals surface area contributed by atoms with Gasteiger partial charge in [-0.2, -0.15) is 0 Å². The van der Waals surface area contributed by atoms with E-state index >= 15 is 0 Å². The first-order chi connectivity index (χ1) is 9.15. The van der Waals surface area contributed by atoms with Gasteiger partial charge in [0.25, 0.3) is 0 Å². The SMILES string of the molecule is COC(C(=O)c1c(Cl)cccc1Br)C1CCCCC1. The molecule has 104 valence electrons. The number of hydrogen-bond donors (Lipinski definition) is 0. The molecule has 0 heterocycles. The molecule has 1 unspecified atom stereocenters. The molecule has 19 heavy (non-hydrogen) atoms. The minimum absolute atomic E-state index is 0.00752. The zero-order chi connectivity index (χ0) is 13.8. The van der Waals surface area contributed by atoms with Crippen LogP contribution in [0, 0.1) is 5.92 Å². The second kappa shape index (κ2) is 6.87. The van der Waals surface area contributed by atoms with Crippen LogP contribution in [-0.4, -0.2) is 19.0 Å². The molecule has 0 saturated heterocycles. The van der Waals surface area contributed by atoms with E-state index in [2.05, 4.69) is 15.9 Å². The number of ketones is 1. The molecule has 1 atom stereocenters. The number of ether oxygens (including phenoxy) is 1. The second-order valence-corrected chi connectivity index (χ2v) is 6.28. The molecule has 4 heteroatoms. The monoisotopic (exact) mass is 344 g/mol. The van der Waals surface area contributed by atoms with Crippen molar-refractivity contribution in [3.63, 3.8) is 0 Å². The summed E-state index contributed by atoms with van der Waals surface area (Å²) in [6, 6.07) is 5.41. The third-order valence-corrected chi connectivity index (χ3v) is 4.78. The molecule has 1 aromatic carbocycles. The molecule has 0 N–H and O–H groups in total. The highest BCUT2D eigenvalue weighted by molar-refractivity contribution is 9.10. The minimum atomic E-state index is -0.378. The van der Waals surface area contributed by atoms with E-state index in [9.17, 15) is 4.79 Å². The van der Waals surface area contributed by atoms with Gasteiger partial charge in [0.1, 0.15) is 6.10 Å². The standard InChI is InChI=1S/C15H18BrClO2/c1-19-15(10-6-3-2-4-7-10)14(18)13-11(16)8-5-9-12(13)17/h5,8-10,15H,2-4,6-7H2,1H3. The Morgan fingerprint density at radius 2 is 2.05 bits per heavy atom. The van der Waals surface area contributed by atoms with Crippen LogP contribution in [0.15, 0.2) is 22.7 Å². The van der Waals surface area contributed by atoms with Crippen molar-refractivity contribution in [2.45, 2.75) is 38.2 Å². The average Bonchev–Trinajstić information content (AvgIpc) is 2.40. The summed E-state index contributed by atoms with van der Waals surface area (Å²) in [6.45, 7) is 0. The number of halogens is 2. The van der Waals surface area contributed by atoms with Crippen LogP contribution < -0.4 is 0 Å². The summed E-state index contributed by atoms with van der Waals surface area (Å²) < 4.78 is 6.23. The van der Waals surface area contributed by atoms with Gasteiger partial charge in [0.2, 0.25) is 0 Å². The summed E-state index contributed by atoms with van der Waals surface area (Å²) in [7, 11) is 1.61. The summed E-state index contributed by atoms with van der Waals surface area (Å²) in [5.41, 5.74) is 0.543. The van der Waals surface area contributed by atoms with E-state index in [-0.39, 0.29) is 11.9 Å². The number of carbonyl (C=O) groups excluding carboxylic acids is 1. The number of carbonyl (C=O) groups is 1. The smallest absolute Gasteiger partial charge is 0.194 e. The highest BCUT2D eigenvalue weighted by atomic mass is 79.9. The fourth-order valence-corrected chi connectivity index (χ4v) is 3.77. The van der Waals surface area contributed by atoms with Crippen LogP contribution in [0.5, 0.6) is 0 Å². The second-order valence-electron chi connectivity index (χ2n) is 5.02. The summed E-state index contributed by atoms with van der Waals surface area (Å²) in [5.74, 6) is 0.307. The van der Waals surface area contributed by atoms with Gasteiger partial charge >= 0.3 is 0 Å². The maximum absolute atomic E-state index is 12.7. The van der Waals surface area contributed by atoms with Crippen LogP contribution in [0.4, 0.5) is 0 Å². The number of rotatable bonds is 4. The fraction of sp³-hybridized carbons (Fsp3) is 0.533. The first kappa shape index (κ1) is 15.0. The Morgan fingerprint density at radius 1 is 1.37 bits per heavy atom. The van der Waals surface area contributed by atoms with Crippen molar-refractivity contribution < 1.29 is 9.53 Å². The van der Waals surface area contributed by atoms with Crippen LogP contribution in [0.25, 0.3) is 0 Å². The Morgan fingerprint density at radius 3 is 2.63 bits per heavy atom. The van der Waals surface area contributed by atoms with Crippen LogP contribution in [0.2, 0.25) is 5.02 Å². The molecule has 0 amide bonds. The van der Waals surface area contributed by atoms with Gasteiger partial charge in [-0.1, -0.05) is 36.9 Å². The van der Waals surface area contributed by atoms with Gasteiger partial charge in [-0.15, -0.1) is 0 Å². The quantitative estimate of drug-likeness (QED) is 0.727. The molecule has 0 radical (unpaired) electrons. The Balaban J connectivity index is 2.25. The number of benzene rings is 1. The van der Waals surface area contributed by atoms with Crippen molar-refractivity contribution >= 4 is 33.3 Å². The van der Waals surface area contributed by atoms with E-state index in [0.717, 1.165) is 17.3 Å². The van der Waals surface area contributed by atoms with E-state index < -0.39 is 0 Å². The maximum Gasteiger partial charge on any atom is 0.194 e. The predicted molar refractivity (Wildman–Crippen MR) is 80.9 cm³/mol. The zero-order valence-corrected chi connectivity index (χ0v) is 13.3. The molecular formula is C15H18BrClO2. The Bertz CT molecular complexity index is 435. The first-order valence-electron chi connectivity index (χ1n) is 6.66. The first-order valence-corrected chi connectivity index (χ1v) is 7.83. The van der Waals surface area contributed by atoms with Gasteiger partial charge in [0.05, 0.1) is 10.6 Å². The van der Waals surface area contributed by atoms with Gasteiger partial charge in [-0.05, 0) is 46.8 Å². The van der Waals surface area contributed by atoms with Crippen molar-refractivity contribution in [1.82, 2.24) is 0 Å². The molecule has 0 aromatic heterocycles. The van der Waals surface area contributed by atoms with E-state index in [4.69, 9.17) is 16.3 Å². The molecule has 0 spiro atoms.